The molecule has 3 aromatic rings. The fraction of sp³-hybridized carbons (Fsp3) is 0.235. The third kappa shape index (κ3) is 2.41. The maximum absolute atomic E-state index is 13.4. The summed E-state index contributed by atoms with van der Waals surface area (Å²) in [6.07, 6.45) is 3.70. The Labute approximate surface area is 138 Å². The van der Waals surface area contributed by atoms with Crippen LogP contribution in [0.4, 0.5) is 10.1 Å². The summed E-state index contributed by atoms with van der Waals surface area (Å²) in [4.78, 5) is 6.46. The van der Waals surface area contributed by atoms with E-state index in [0.717, 1.165) is 29.7 Å². The minimum atomic E-state index is -0.267. The van der Waals surface area contributed by atoms with Crippen LogP contribution in [0, 0.1) is 5.82 Å². The molecule has 0 unspecified atom stereocenters. The van der Waals surface area contributed by atoms with E-state index in [4.69, 9.17) is 16.3 Å². The van der Waals surface area contributed by atoms with Gasteiger partial charge in [0.25, 0.3) is 0 Å². The number of benzene rings is 1. The van der Waals surface area contributed by atoms with Crippen molar-refractivity contribution < 1.29 is 9.13 Å². The lowest BCUT2D eigenvalue weighted by molar-refractivity contribution is 0.395. The molecule has 0 aliphatic carbocycles. The second-order valence-corrected chi connectivity index (χ2v) is 6.07. The number of hydrogen-bond acceptors (Lipinski definition) is 3. The third-order valence-electron chi connectivity index (χ3n) is 4.30. The maximum Gasteiger partial charge on any atom is 0.213 e. The Kier molecular flexibility index (Phi) is 3.38. The third-order valence-corrected chi connectivity index (χ3v) is 4.60. The van der Waals surface area contributed by atoms with Gasteiger partial charge in [0.15, 0.2) is 0 Å². The standard InChI is InChI=1S/C17H15ClFN3O/c1-23-17-5-3-12(7-20-17)21-8-13(9-21)22-10-15(18)14-6-11(19)2-4-16(14)22/h2-7,10,13H,8-9H2,1H3. The first-order chi connectivity index (χ1) is 11.2. The van der Waals surface area contributed by atoms with E-state index in [9.17, 15) is 4.39 Å². The van der Waals surface area contributed by atoms with E-state index < -0.39 is 0 Å². The minimum absolute atomic E-state index is 0.267. The zero-order chi connectivity index (χ0) is 16.0. The molecule has 4 rings (SSSR count). The number of hydrogen-bond donors (Lipinski definition) is 0. The van der Waals surface area contributed by atoms with Crippen molar-refractivity contribution in [2.75, 3.05) is 25.1 Å². The molecule has 0 spiro atoms. The van der Waals surface area contributed by atoms with Crippen molar-refractivity contribution >= 4 is 28.2 Å². The Bertz CT molecular complexity index is 856. The lowest BCUT2D eigenvalue weighted by atomic mass is 10.1. The van der Waals surface area contributed by atoms with Gasteiger partial charge in [0.05, 0.1) is 35.6 Å². The number of ether oxygens (including phenoxy) is 1. The molecule has 0 atom stereocenters. The summed E-state index contributed by atoms with van der Waals surface area (Å²) in [7, 11) is 1.60. The molecule has 118 valence electrons. The first-order valence-corrected chi connectivity index (χ1v) is 7.74. The highest BCUT2D eigenvalue weighted by atomic mass is 35.5. The normalized spacial score (nSPS) is 15.0. The number of fused-ring (bicyclic) bond motifs is 1. The van der Waals surface area contributed by atoms with Gasteiger partial charge in [-0.15, -0.1) is 0 Å². The molecule has 0 radical (unpaired) electrons. The van der Waals surface area contributed by atoms with Crippen LogP contribution in [0.25, 0.3) is 10.9 Å². The van der Waals surface area contributed by atoms with Gasteiger partial charge in [-0.1, -0.05) is 11.6 Å². The van der Waals surface area contributed by atoms with Crippen molar-refractivity contribution in [2.24, 2.45) is 0 Å². The van der Waals surface area contributed by atoms with Gasteiger partial charge in [0, 0.05) is 30.7 Å². The Morgan fingerprint density at radius 2 is 2.09 bits per heavy atom. The number of methoxy groups -OCH3 is 1. The van der Waals surface area contributed by atoms with Crippen molar-refractivity contribution in [3.8, 4) is 5.88 Å². The maximum atomic E-state index is 13.4. The van der Waals surface area contributed by atoms with Crippen LogP contribution in [0.3, 0.4) is 0 Å². The highest BCUT2D eigenvalue weighted by Gasteiger charge is 2.29. The van der Waals surface area contributed by atoms with E-state index in [1.165, 1.54) is 12.1 Å². The first-order valence-electron chi connectivity index (χ1n) is 7.36. The Morgan fingerprint density at radius 1 is 1.26 bits per heavy atom. The number of nitrogens with zero attached hydrogens (tertiary/aromatic N) is 3. The van der Waals surface area contributed by atoms with Crippen LogP contribution in [0.5, 0.6) is 5.88 Å². The first kappa shape index (κ1) is 14.3. The Morgan fingerprint density at radius 3 is 2.78 bits per heavy atom. The molecule has 1 aliphatic heterocycles. The van der Waals surface area contributed by atoms with Crippen molar-refractivity contribution in [2.45, 2.75) is 6.04 Å². The van der Waals surface area contributed by atoms with Crippen LogP contribution in [0.1, 0.15) is 6.04 Å². The molecule has 1 aliphatic rings. The van der Waals surface area contributed by atoms with Crippen LogP contribution in [0.2, 0.25) is 5.02 Å². The number of rotatable bonds is 3. The predicted octanol–water partition coefficient (Wildman–Crippen LogP) is 3.90. The number of anilines is 1. The van der Waals surface area contributed by atoms with E-state index in [0.29, 0.717) is 16.9 Å². The summed E-state index contributed by atoms with van der Waals surface area (Å²) in [5.74, 6) is 0.340. The minimum Gasteiger partial charge on any atom is -0.481 e. The monoisotopic (exact) mass is 331 g/mol. The molecule has 1 aromatic carbocycles. The summed E-state index contributed by atoms with van der Waals surface area (Å²) in [5, 5.41) is 1.35. The van der Waals surface area contributed by atoms with Gasteiger partial charge < -0.3 is 14.2 Å². The number of pyridine rings is 1. The zero-order valence-corrected chi connectivity index (χ0v) is 13.3. The van der Waals surface area contributed by atoms with Crippen molar-refractivity contribution in [1.29, 1.82) is 0 Å². The van der Waals surface area contributed by atoms with Crippen LogP contribution in [-0.4, -0.2) is 29.8 Å². The summed E-state index contributed by atoms with van der Waals surface area (Å²) in [6.45, 7) is 1.73. The van der Waals surface area contributed by atoms with Crippen LogP contribution in [0.15, 0.2) is 42.7 Å². The second kappa shape index (κ2) is 5.42. The average Bonchev–Trinajstić information content (AvgIpc) is 2.83. The van der Waals surface area contributed by atoms with Gasteiger partial charge in [0.2, 0.25) is 5.88 Å². The zero-order valence-electron chi connectivity index (χ0n) is 12.5. The molecule has 0 bridgehead atoms. The topological polar surface area (TPSA) is 30.3 Å². The smallest absolute Gasteiger partial charge is 0.213 e. The number of aromatic nitrogens is 2. The van der Waals surface area contributed by atoms with Gasteiger partial charge in [-0.05, 0) is 24.3 Å². The molecule has 2 aromatic heterocycles. The largest absolute Gasteiger partial charge is 0.481 e. The van der Waals surface area contributed by atoms with E-state index in [2.05, 4.69) is 14.5 Å². The lowest BCUT2D eigenvalue weighted by Gasteiger charge is -2.41. The summed E-state index contributed by atoms with van der Waals surface area (Å²) in [6, 6.07) is 8.91. The molecule has 4 nitrogen and oxygen atoms in total. The molecule has 0 N–H and O–H groups in total. The van der Waals surface area contributed by atoms with Crippen LogP contribution < -0.4 is 9.64 Å². The molecule has 1 fully saturated rings. The molecular weight excluding hydrogens is 317 g/mol. The van der Waals surface area contributed by atoms with Gasteiger partial charge >= 0.3 is 0 Å². The van der Waals surface area contributed by atoms with Gasteiger partial charge in [-0.2, -0.15) is 0 Å². The quantitative estimate of drug-likeness (QED) is 0.729. The molecule has 3 heterocycles. The molecular formula is C17H15ClFN3O. The average molecular weight is 332 g/mol. The summed E-state index contributed by atoms with van der Waals surface area (Å²) in [5.41, 5.74) is 2.03. The molecule has 23 heavy (non-hydrogen) atoms. The highest BCUT2D eigenvalue weighted by Crippen LogP contribution is 2.34. The molecule has 0 saturated carbocycles. The summed E-state index contributed by atoms with van der Waals surface area (Å²) < 4.78 is 20.6. The van der Waals surface area contributed by atoms with E-state index in [1.807, 2.05) is 24.5 Å². The van der Waals surface area contributed by atoms with Crippen molar-refractivity contribution in [3.05, 3.63) is 53.6 Å². The SMILES string of the molecule is COc1ccc(N2CC(n3cc(Cl)c4cc(F)ccc43)C2)cn1. The van der Waals surface area contributed by atoms with Gasteiger partial charge in [-0.25, -0.2) is 9.37 Å². The molecule has 6 heteroatoms. The van der Waals surface area contributed by atoms with E-state index in [-0.39, 0.29) is 5.82 Å². The predicted molar refractivity (Wildman–Crippen MR) is 88.9 cm³/mol. The highest BCUT2D eigenvalue weighted by molar-refractivity contribution is 6.35. The van der Waals surface area contributed by atoms with E-state index in [1.54, 1.807) is 13.2 Å². The second-order valence-electron chi connectivity index (χ2n) is 5.66. The van der Waals surface area contributed by atoms with Gasteiger partial charge in [-0.3, -0.25) is 0 Å². The summed E-state index contributed by atoms with van der Waals surface area (Å²) >= 11 is 6.24. The van der Waals surface area contributed by atoms with Crippen LogP contribution >= 0.6 is 11.6 Å². The van der Waals surface area contributed by atoms with Crippen LogP contribution in [-0.2, 0) is 0 Å². The molecule has 0 amide bonds. The lowest BCUT2D eigenvalue weighted by Crippen LogP contribution is -2.47. The Hall–Kier alpha value is -2.27. The van der Waals surface area contributed by atoms with Crippen molar-refractivity contribution in [3.63, 3.8) is 0 Å². The number of halogens is 2. The fourth-order valence-corrected chi connectivity index (χ4v) is 3.27. The fourth-order valence-electron chi connectivity index (χ4n) is 3.01. The van der Waals surface area contributed by atoms with Gasteiger partial charge in [0.1, 0.15) is 5.82 Å². The Balaban J connectivity index is 1.55. The molecule has 1 saturated heterocycles. The van der Waals surface area contributed by atoms with Crippen molar-refractivity contribution in [1.82, 2.24) is 9.55 Å². The van der Waals surface area contributed by atoms with E-state index >= 15 is 0 Å².